The van der Waals surface area contributed by atoms with Gasteiger partial charge < -0.3 is 5.32 Å². The Morgan fingerprint density at radius 3 is 3.00 bits per heavy atom. The monoisotopic (exact) mass is 272 g/mol. The van der Waals surface area contributed by atoms with Crippen LogP contribution in [0.5, 0.6) is 0 Å². The van der Waals surface area contributed by atoms with E-state index < -0.39 is 0 Å². The van der Waals surface area contributed by atoms with Crippen molar-refractivity contribution in [1.82, 2.24) is 4.90 Å². The molecular formula is C15H16N2OS. The van der Waals surface area contributed by atoms with Crippen LogP contribution >= 0.6 is 11.3 Å². The standard InChI is InChI=1S/C15H16N2OS/c1-17-9-11-4-2-6-14(13(11)10-17)16-15(18)8-12-5-3-7-19-12/h2-7H,8-10H2,1H3,(H,16,18). The molecule has 3 rings (SSSR count). The molecule has 0 atom stereocenters. The molecular weight excluding hydrogens is 256 g/mol. The summed E-state index contributed by atoms with van der Waals surface area (Å²) in [4.78, 5) is 15.4. The second-order valence-corrected chi connectivity index (χ2v) is 5.95. The molecule has 0 spiro atoms. The van der Waals surface area contributed by atoms with E-state index in [9.17, 15) is 4.79 Å². The zero-order valence-electron chi connectivity index (χ0n) is 10.8. The Kier molecular flexibility index (Phi) is 3.36. The summed E-state index contributed by atoms with van der Waals surface area (Å²) in [5.41, 5.74) is 3.53. The molecule has 0 bridgehead atoms. The highest BCUT2D eigenvalue weighted by Gasteiger charge is 2.19. The molecule has 98 valence electrons. The SMILES string of the molecule is CN1Cc2cccc(NC(=O)Cc3cccs3)c2C1. The largest absolute Gasteiger partial charge is 0.325 e. The van der Waals surface area contributed by atoms with Crippen LogP contribution in [0, 0.1) is 0 Å². The molecule has 1 aromatic heterocycles. The molecule has 0 saturated heterocycles. The van der Waals surface area contributed by atoms with Crippen molar-refractivity contribution in [2.75, 3.05) is 12.4 Å². The number of benzene rings is 1. The van der Waals surface area contributed by atoms with Crippen LogP contribution in [0.1, 0.15) is 16.0 Å². The molecule has 0 radical (unpaired) electrons. The Morgan fingerprint density at radius 1 is 1.32 bits per heavy atom. The first-order valence-corrected chi connectivity index (χ1v) is 7.22. The van der Waals surface area contributed by atoms with Crippen LogP contribution in [-0.2, 0) is 24.3 Å². The molecule has 4 heteroatoms. The molecule has 1 N–H and O–H groups in total. The van der Waals surface area contributed by atoms with Crippen LogP contribution in [0.15, 0.2) is 35.7 Å². The van der Waals surface area contributed by atoms with Crippen molar-refractivity contribution in [2.45, 2.75) is 19.5 Å². The number of amides is 1. The predicted octanol–water partition coefficient (Wildman–Crippen LogP) is 2.87. The highest BCUT2D eigenvalue weighted by atomic mass is 32.1. The number of nitrogens with one attached hydrogen (secondary N) is 1. The molecule has 1 aliphatic heterocycles. The molecule has 1 aliphatic rings. The summed E-state index contributed by atoms with van der Waals surface area (Å²) in [7, 11) is 2.09. The number of fused-ring (bicyclic) bond motifs is 1. The lowest BCUT2D eigenvalue weighted by Gasteiger charge is -2.09. The fraction of sp³-hybridized carbons (Fsp3) is 0.267. The van der Waals surface area contributed by atoms with Crippen molar-refractivity contribution in [3.8, 4) is 0 Å². The van der Waals surface area contributed by atoms with Gasteiger partial charge in [-0.1, -0.05) is 18.2 Å². The summed E-state index contributed by atoms with van der Waals surface area (Å²) in [5, 5.41) is 5.04. The molecule has 0 unspecified atom stereocenters. The summed E-state index contributed by atoms with van der Waals surface area (Å²) in [6.07, 6.45) is 0.456. The Morgan fingerprint density at radius 2 is 2.21 bits per heavy atom. The lowest BCUT2D eigenvalue weighted by molar-refractivity contribution is -0.115. The number of anilines is 1. The molecule has 1 aromatic carbocycles. The van der Waals surface area contributed by atoms with Gasteiger partial charge in [-0.05, 0) is 35.7 Å². The number of rotatable bonds is 3. The maximum absolute atomic E-state index is 12.0. The van der Waals surface area contributed by atoms with Crippen molar-refractivity contribution < 1.29 is 4.79 Å². The van der Waals surface area contributed by atoms with E-state index in [2.05, 4.69) is 23.3 Å². The van der Waals surface area contributed by atoms with E-state index >= 15 is 0 Å². The van der Waals surface area contributed by atoms with Gasteiger partial charge in [-0.3, -0.25) is 9.69 Å². The van der Waals surface area contributed by atoms with Gasteiger partial charge in [-0.2, -0.15) is 0 Å². The van der Waals surface area contributed by atoms with Crippen LogP contribution in [0.2, 0.25) is 0 Å². The highest BCUT2D eigenvalue weighted by molar-refractivity contribution is 7.10. The van der Waals surface area contributed by atoms with Crippen molar-refractivity contribution >= 4 is 22.9 Å². The molecule has 2 aromatic rings. The van der Waals surface area contributed by atoms with E-state index in [1.54, 1.807) is 11.3 Å². The van der Waals surface area contributed by atoms with Crippen LogP contribution in [0.3, 0.4) is 0 Å². The number of carbonyl (C=O) groups excluding carboxylic acids is 1. The number of carbonyl (C=O) groups is 1. The summed E-state index contributed by atoms with van der Waals surface area (Å²) in [6, 6.07) is 10.1. The zero-order valence-corrected chi connectivity index (χ0v) is 11.7. The van der Waals surface area contributed by atoms with Gasteiger partial charge in [0.15, 0.2) is 0 Å². The summed E-state index contributed by atoms with van der Waals surface area (Å²) in [5.74, 6) is 0.0606. The van der Waals surface area contributed by atoms with Gasteiger partial charge in [0.25, 0.3) is 0 Å². The third-order valence-corrected chi connectivity index (χ3v) is 4.21. The lowest BCUT2D eigenvalue weighted by atomic mass is 10.1. The van der Waals surface area contributed by atoms with Gasteiger partial charge in [0, 0.05) is 23.7 Å². The minimum absolute atomic E-state index is 0.0606. The first-order valence-electron chi connectivity index (χ1n) is 6.34. The summed E-state index contributed by atoms with van der Waals surface area (Å²) in [6.45, 7) is 1.87. The van der Waals surface area contributed by atoms with Crippen LogP contribution in [0.25, 0.3) is 0 Å². The van der Waals surface area contributed by atoms with Crippen molar-refractivity contribution in [3.05, 3.63) is 51.7 Å². The number of nitrogens with zero attached hydrogens (tertiary/aromatic N) is 1. The van der Waals surface area contributed by atoms with E-state index in [0.29, 0.717) is 6.42 Å². The van der Waals surface area contributed by atoms with Gasteiger partial charge in [0.05, 0.1) is 6.42 Å². The molecule has 2 heterocycles. The van der Waals surface area contributed by atoms with Gasteiger partial charge in [0.2, 0.25) is 5.91 Å². The predicted molar refractivity (Wildman–Crippen MR) is 78.3 cm³/mol. The van der Waals surface area contributed by atoms with Crippen molar-refractivity contribution in [2.24, 2.45) is 0 Å². The highest BCUT2D eigenvalue weighted by Crippen LogP contribution is 2.28. The van der Waals surface area contributed by atoms with Gasteiger partial charge in [-0.15, -0.1) is 11.3 Å². The van der Waals surface area contributed by atoms with Gasteiger partial charge in [-0.25, -0.2) is 0 Å². The lowest BCUT2D eigenvalue weighted by Crippen LogP contribution is -2.15. The topological polar surface area (TPSA) is 32.3 Å². The minimum Gasteiger partial charge on any atom is -0.325 e. The fourth-order valence-corrected chi connectivity index (χ4v) is 3.17. The molecule has 3 nitrogen and oxygen atoms in total. The van der Waals surface area contributed by atoms with Crippen molar-refractivity contribution in [1.29, 1.82) is 0 Å². The molecule has 1 amide bonds. The van der Waals surface area contributed by atoms with Crippen molar-refractivity contribution in [3.63, 3.8) is 0 Å². The molecule has 0 aliphatic carbocycles. The zero-order chi connectivity index (χ0) is 13.2. The maximum atomic E-state index is 12.0. The molecule has 0 fully saturated rings. The molecule has 0 saturated carbocycles. The smallest absolute Gasteiger partial charge is 0.229 e. The van der Waals surface area contributed by atoms with Crippen LogP contribution in [0.4, 0.5) is 5.69 Å². The maximum Gasteiger partial charge on any atom is 0.229 e. The first kappa shape index (κ1) is 12.4. The summed E-state index contributed by atoms with van der Waals surface area (Å²) >= 11 is 1.62. The minimum atomic E-state index is 0.0606. The van der Waals surface area contributed by atoms with Crippen LogP contribution in [-0.4, -0.2) is 17.9 Å². The number of hydrogen-bond donors (Lipinski definition) is 1. The summed E-state index contributed by atoms with van der Waals surface area (Å²) < 4.78 is 0. The third kappa shape index (κ3) is 2.69. The third-order valence-electron chi connectivity index (χ3n) is 3.33. The Balaban J connectivity index is 1.74. The quantitative estimate of drug-likeness (QED) is 0.932. The number of thiophene rings is 1. The van der Waals surface area contributed by atoms with E-state index in [1.807, 2.05) is 29.6 Å². The van der Waals surface area contributed by atoms with Gasteiger partial charge >= 0.3 is 0 Å². The van der Waals surface area contributed by atoms with E-state index in [-0.39, 0.29) is 5.91 Å². The van der Waals surface area contributed by atoms with E-state index in [4.69, 9.17) is 0 Å². The Labute approximate surface area is 116 Å². The van der Waals surface area contributed by atoms with Gasteiger partial charge in [0.1, 0.15) is 0 Å². The number of hydrogen-bond acceptors (Lipinski definition) is 3. The van der Waals surface area contributed by atoms with Crippen LogP contribution < -0.4 is 5.32 Å². The van der Waals surface area contributed by atoms with E-state index in [0.717, 1.165) is 23.7 Å². The molecule has 19 heavy (non-hydrogen) atoms. The first-order chi connectivity index (χ1) is 9.22. The second-order valence-electron chi connectivity index (χ2n) is 4.92. The normalized spacial score (nSPS) is 14.4. The second kappa shape index (κ2) is 5.15. The van der Waals surface area contributed by atoms with E-state index in [1.165, 1.54) is 11.1 Å². The average Bonchev–Trinajstić information content (AvgIpc) is 2.97. The fourth-order valence-electron chi connectivity index (χ4n) is 2.47. The average molecular weight is 272 g/mol. The Hall–Kier alpha value is -1.65. The Bertz CT molecular complexity index is 592.